The van der Waals surface area contributed by atoms with Crippen molar-refractivity contribution in [3.8, 4) is 0 Å². The summed E-state index contributed by atoms with van der Waals surface area (Å²) in [5, 5.41) is 83.0. The molecule has 16 nitrogen and oxygen atoms in total. The monoisotopic (exact) mass is 822 g/mol. The highest BCUT2D eigenvalue weighted by Gasteiger charge is 2.71. The summed E-state index contributed by atoms with van der Waals surface area (Å²) in [6.45, 7) is 14.8. The van der Waals surface area contributed by atoms with Crippen LogP contribution in [0.1, 0.15) is 106 Å². The van der Waals surface area contributed by atoms with Crippen LogP contribution >= 0.6 is 0 Å². The molecule has 0 aromatic heterocycles. The Morgan fingerprint density at radius 3 is 1.88 bits per heavy atom. The third kappa shape index (κ3) is 6.25. The molecule has 0 spiro atoms. The SMILES string of the molecule is CC1(C)[C@@H](O[C@@H]2O[C@H](C(=O)O)[C@H](O)[C@H](O)[C@@H]2O[C@@H]2O[C@H](C(=O)O)[C@H](O)[C@H](O)[C@@H]2O)CC[C@]2(C)[C@H]3C(=O)C=C4[C@H]5C[C@](C)(C(=O)O)CC[C@]5(C)CC[C@]4(C)[C@]3(C)CC[C@@H]12. The van der Waals surface area contributed by atoms with Crippen LogP contribution in [0.2, 0.25) is 0 Å². The normalized spacial score (nSPS) is 52.6. The largest absolute Gasteiger partial charge is 0.481 e. The van der Waals surface area contributed by atoms with E-state index >= 15 is 0 Å². The second-order valence-electron chi connectivity index (χ2n) is 20.6. The average molecular weight is 823 g/mol. The smallest absolute Gasteiger partial charge is 0.335 e. The number of aliphatic carboxylic acids is 3. The summed E-state index contributed by atoms with van der Waals surface area (Å²) < 4.78 is 23.4. The number of carboxylic acid groups (broad SMARTS) is 3. The molecular formula is C42H62O16. The predicted octanol–water partition coefficient (Wildman–Crippen LogP) is 2.25. The van der Waals surface area contributed by atoms with Crippen LogP contribution in [0.5, 0.6) is 0 Å². The molecule has 58 heavy (non-hydrogen) atoms. The lowest BCUT2D eigenvalue weighted by Gasteiger charge is -2.70. The van der Waals surface area contributed by atoms with Gasteiger partial charge in [0, 0.05) is 5.92 Å². The van der Waals surface area contributed by atoms with Gasteiger partial charge < -0.3 is 59.8 Å². The summed E-state index contributed by atoms with van der Waals surface area (Å²) in [6.07, 6.45) is -12.2. The summed E-state index contributed by atoms with van der Waals surface area (Å²) in [6, 6.07) is 0. The van der Waals surface area contributed by atoms with Gasteiger partial charge >= 0.3 is 17.9 Å². The number of hydrogen-bond donors (Lipinski definition) is 8. The molecule has 0 amide bonds. The van der Waals surface area contributed by atoms with Crippen LogP contribution in [0.3, 0.4) is 0 Å². The maximum Gasteiger partial charge on any atom is 0.335 e. The fourth-order valence-corrected chi connectivity index (χ4v) is 13.4. The van der Waals surface area contributed by atoms with E-state index in [1.807, 2.05) is 26.8 Å². The first-order chi connectivity index (χ1) is 26.8. The van der Waals surface area contributed by atoms with Gasteiger partial charge in [0.05, 0.1) is 11.5 Å². The van der Waals surface area contributed by atoms with Gasteiger partial charge in [-0.05, 0) is 110 Å². The minimum Gasteiger partial charge on any atom is -0.481 e. The van der Waals surface area contributed by atoms with Crippen LogP contribution in [0.25, 0.3) is 0 Å². The Balaban J connectivity index is 1.17. The fourth-order valence-electron chi connectivity index (χ4n) is 13.4. The second kappa shape index (κ2) is 14.3. The van der Waals surface area contributed by atoms with Crippen LogP contribution in [0, 0.1) is 50.2 Å². The molecule has 16 heteroatoms. The molecule has 0 radical (unpaired) electrons. The van der Waals surface area contributed by atoms with Gasteiger partial charge in [0.1, 0.15) is 36.6 Å². The van der Waals surface area contributed by atoms with E-state index in [-0.39, 0.29) is 34.4 Å². The maximum atomic E-state index is 14.8. The number of ether oxygens (including phenoxy) is 4. The van der Waals surface area contributed by atoms with E-state index in [0.29, 0.717) is 25.7 Å². The minimum absolute atomic E-state index is 0.0217. The highest BCUT2D eigenvalue weighted by Crippen LogP contribution is 2.75. The molecule has 2 aliphatic heterocycles. The standard InChI is InChI=1S/C42H62O16/c1-37(2)21-8-11-42(7)31(20(43)16-18-19-17-39(4,36(53)54)13-12-38(19,3)14-15-41(18,42)6)40(21,5)10-9-22(37)55-35-30(26(47)25(46)29(57-35)33(51)52)58-34-27(48)23(44)24(45)28(56-34)32(49)50/h16,19,21-31,34-35,44-48H,8-15,17H2,1-7H3,(H,49,50)(H,51,52)(H,53,54)/t19-,21+,22+,23+,24-,25-,26+,27+,28+,29+,30+,31-,34+,35-,38-,39-,40+,41+,42-/m1/s1. The van der Waals surface area contributed by atoms with Crippen LogP contribution in [0.15, 0.2) is 11.6 Å². The van der Waals surface area contributed by atoms with Crippen molar-refractivity contribution in [1.82, 2.24) is 0 Å². The van der Waals surface area contributed by atoms with Crippen LogP contribution in [-0.2, 0) is 38.1 Å². The second-order valence-corrected chi connectivity index (χ2v) is 20.6. The van der Waals surface area contributed by atoms with Gasteiger partial charge in [-0.1, -0.05) is 47.1 Å². The molecule has 2 saturated heterocycles. The molecule has 5 aliphatic carbocycles. The molecule has 7 rings (SSSR count). The number of fused-ring (bicyclic) bond motifs is 7. The van der Waals surface area contributed by atoms with Crippen LogP contribution < -0.4 is 0 Å². The lowest BCUT2D eigenvalue weighted by Crippen LogP contribution is -2.68. The number of aliphatic hydroxyl groups excluding tert-OH is 5. The van der Waals surface area contributed by atoms with Crippen molar-refractivity contribution < 1.29 is 79.0 Å². The Kier molecular flexibility index (Phi) is 10.7. The van der Waals surface area contributed by atoms with E-state index in [2.05, 4.69) is 27.7 Å². The summed E-state index contributed by atoms with van der Waals surface area (Å²) >= 11 is 0. The zero-order valence-electron chi connectivity index (χ0n) is 34.4. The number of rotatable bonds is 7. The topological polar surface area (TPSA) is 267 Å². The summed E-state index contributed by atoms with van der Waals surface area (Å²) in [5.74, 6) is -4.47. The first-order valence-corrected chi connectivity index (χ1v) is 20.7. The molecule has 0 unspecified atom stereocenters. The van der Waals surface area contributed by atoms with Crippen LogP contribution in [-0.4, -0.2) is 132 Å². The third-order valence-electron chi connectivity index (χ3n) is 17.2. The molecule has 4 saturated carbocycles. The Morgan fingerprint density at radius 1 is 0.690 bits per heavy atom. The zero-order chi connectivity index (χ0) is 42.9. The molecule has 8 N–H and O–H groups in total. The number of carbonyl (C=O) groups excluding carboxylic acids is 1. The van der Waals surface area contributed by atoms with Gasteiger partial charge in [0.25, 0.3) is 0 Å². The lowest BCUT2D eigenvalue weighted by atomic mass is 9.33. The minimum atomic E-state index is -2.05. The van der Waals surface area contributed by atoms with E-state index in [0.717, 1.165) is 37.7 Å². The summed E-state index contributed by atoms with van der Waals surface area (Å²) in [5.41, 5.74) is -1.81. The highest BCUT2D eigenvalue weighted by molar-refractivity contribution is 5.95. The number of ketones is 1. The summed E-state index contributed by atoms with van der Waals surface area (Å²) in [4.78, 5) is 51.3. The van der Waals surface area contributed by atoms with Crippen molar-refractivity contribution in [3.05, 3.63) is 11.6 Å². The Morgan fingerprint density at radius 2 is 1.28 bits per heavy atom. The molecule has 0 aromatic carbocycles. The number of aliphatic hydroxyl groups is 5. The number of hydrogen-bond acceptors (Lipinski definition) is 13. The maximum absolute atomic E-state index is 14.8. The predicted molar refractivity (Wildman–Crippen MR) is 199 cm³/mol. The number of allylic oxidation sites excluding steroid dienone is 2. The molecule has 2 heterocycles. The van der Waals surface area contributed by atoms with Gasteiger partial charge in [-0.15, -0.1) is 0 Å². The van der Waals surface area contributed by atoms with Crippen molar-refractivity contribution in [2.45, 2.75) is 174 Å². The molecule has 0 bridgehead atoms. The van der Waals surface area contributed by atoms with Gasteiger partial charge in [-0.3, -0.25) is 9.59 Å². The quantitative estimate of drug-likeness (QED) is 0.171. The fraction of sp³-hybridized carbons (Fsp3) is 0.857. The molecule has 6 fully saturated rings. The Bertz CT molecular complexity index is 1730. The van der Waals surface area contributed by atoms with Gasteiger partial charge in [0.15, 0.2) is 30.6 Å². The molecule has 7 aliphatic rings. The van der Waals surface area contributed by atoms with Crippen molar-refractivity contribution in [2.75, 3.05) is 0 Å². The van der Waals surface area contributed by atoms with Crippen LogP contribution in [0.4, 0.5) is 0 Å². The molecule has 0 aromatic rings. The first kappa shape index (κ1) is 43.5. The van der Waals surface area contributed by atoms with E-state index in [1.165, 1.54) is 0 Å². The first-order valence-electron chi connectivity index (χ1n) is 20.7. The lowest BCUT2D eigenvalue weighted by molar-refractivity contribution is -0.371. The van der Waals surface area contributed by atoms with E-state index < -0.39 is 107 Å². The van der Waals surface area contributed by atoms with Gasteiger partial charge in [0.2, 0.25) is 0 Å². The Labute approximate surface area is 337 Å². The van der Waals surface area contributed by atoms with E-state index in [1.54, 1.807) is 0 Å². The number of carbonyl (C=O) groups is 4. The average Bonchev–Trinajstić information content (AvgIpc) is 3.13. The highest BCUT2D eigenvalue weighted by atomic mass is 16.8. The third-order valence-corrected chi connectivity index (χ3v) is 17.2. The van der Waals surface area contributed by atoms with Crippen molar-refractivity contribution in [3.63, 3.8) is 0 Å². The Hall–Kier alpha value is -2.54. The number of carboxylic acids is 3. The van der Waals surface area contributed by atoms with E-state index in [9.17, 15) is 60.0 Å². The summed E-state index contributed by atoms with van der Waals surface area (Å²) in [7, 11) is 0. The van der Waals surface area contributed by atoms with Crippen molar-refractivity contribution >= 4 is 23.7 Å². The van der Waals surface area contributed by atoms with Gasteiger partial charge in [-0.2, -0.15) is 0 Å². The zero-order valence-corrected chi connectivity index (χ0v) is 34.4. The van der Waals surface area contributed by atoms with Crippen molar-refractivity contribution in [1.29, 1.82) is 0 Å². The van der Waals surface area contributed by atoms with E-state index in [4.69, 9.17) is 18.9 Å². The van der Waals surface area contributed by atoms with Crippen molar-refractivity contribution in [2.24, 2.45) is 50.2 Å². The molecule has 19 atom stereocenters. The molecular weight excluding hydrogens is 760 g/mol. The molecule has 326 valence electrons. The van der Waals surface area contributed by atoms with Gasteiger partial charge in [-0.25, -0.2) is 9.59 Å².